The van der Waals surface area contributed by atoms with Crippen LogP contribution in [0.2, 0.25) is 5.02 Å². The van der Waals surface area contributed by atoms with Crippen LogP contribution in [0.15, 0.2) is 22.7 Å². The van der Waals surface area contributed by atoms with E-state index in [0.29, 0.717) is 17.1 Å². The molecule has 0 saturated heterocycles. The minimum Gasteiger partial charge on any atom is -0.339 e. The van der Waals surface area contributed by atoms with Crippen molar-refractivity contribution in [1.82, 2.24) is 4.90 Å². The fourth-order valence-corrected chi connectivity index (χ4v) is 2.62. The molecule has 0 aliphatic carbocycles. The summed E-state index contributed by atoms with van der Waals surface area (Å²) in [5.74, 6) is 0.0247. The molecule has 0 saturated carbocycles. The summed E-state index contributed by atoms with van der Waals surface area (Å²) >= 11 is 12.6. The van der Waals surface area contributed by atoms with E-state index in [-0.39, 0.29) is 5.91 Å². The SMILES string of the molecule is CCN(CCCBr)C(=O)c1cc(Cl)cc(Br)c1. The highest BCUT2D eigenvalue weighted by atomic mass is 79.9. The van der Waals surface area contributed by atoms with Gasteiger partial charge in [0, 0.05) is 33.5 Å². The zero-order chi connectivity index (χ0) is 12.8. The third-order valence-corrected chi connectivity index (χ3v) is 3.58. The van der Waals surface area contributed by atoms with Gasteiger partial charge in [-0.25, -0.2) is 0 Å². The number of rotatable bonds is 5. The Bertz CT molecular complexity index is 378. The minimum absolute atomic E-state index is 0.0247. The van der Waals surface area contributed by atoms with E-state index in [2.05, 4.69) is 31.9 Å². The predicted octanol–water partition coefficient (Wildman–Crippen LogP) is 4.35. The highest BCUT2D eigenvalue weighted by Crippen LogP contribution is 2.20. The van der Waals surface area contributed by atoms with Crippen LogP contribution in [0.25, 0.3) is 0 Å². The molecule has 1 rings (SSSR count). The van der Waals surface area contributed by atoms with Crippen molar-refractivity contribution < 1.29 is 4.79 Å². The van der Waals surface area contributed by atoms with Crippen LogP contribution in [0.3, 0.4) is 0 Å². The fraction of sp³-hybridized carbons (Fsp3) is 0.417. The molecule has 1 amide bonds. The van der Waals surface area contributed by atoms with Crippen LogP contribution in [0.5, 0.6) is 0 Å². The first-order chi connectivity index (χ1) is 8.08. The van der Waals surface area contributed by atoms with Crippen molar-refractivity contribution in [3.63, 3.8) is 0 Å². The first-order valence-electron chi connectivity index (χ1n) is 5.39. The van der Waals surface area contributed by atoms with Crippen LogP contribution < -0.4 is 0 Å². The Balaban J connectivity index is 2.85. The lowest BCUT2D eigenvalue weighted by molar-refractivity contribution is 0.0765. The summed E-state index contributed by atoms with van der Waals surface area (Å²) in [6.45, 7) is 3.44. The normalized spacial score (nSPS) is 10.4. The molecule has 0 bridgehead atoms. The van der Waals surface area contributed by atoms with Gasteiger partial charge in [-0.15, -0.1) is 0 Å². The van der Waals surface area contributed by atoms with Gasteiger partial charge < -0.3 is 4.90 Å². The van der Waals surface area contributed by atoms with Gasteiger partial charge in [0.2, 0.25) is 0 Å². The van der Waals surface area contributed by atoms with E-state index in [9.17, 15) is 4.79 Å². The van der Waals surface area contributed by atoms with Crippen LogP contribution in [0.4, 0.5) is 0 Å². The Morgan fingerprint density at radius 2 is 2.12 bits per heavy atom. The maximum Gasteiger partial charge on any atom is 0.253 e. The molecule has 0 aliphatic heterocycles. The van der Waals surface area contributed by atoms with Gasteiger partial charge in [-0.2, -0.15) is 0 Å². The number of nitrogens with zero attached hydrogens (tertiary/aromatic N) is 1. The third-order valence-electron chi connectivity index (χ3n) is 2.34. The molecule has 0 spiro atoms. The van der Waals surface area contributed by atoms with Gasteiger partial charge in [0.15, 0.2) is 0 Å². The maximum absolute atomic E-state index is 12.2. The summed E-state index contributed by atoms with van der Waals surface area (Å²) in [7, 11) is 0. The van der Waals surface area contributed by atoms with Crippen LogP contribution in [0, 0.1) is 0 Å². The summed E-state index contributed by atoms with van der Waals surface area (Å²) in [6.07, 6.45) is 0.946. The number of hydrogen-bond donors (Lipinski definition) is 0. The van der Waals surface area contributed by atoms with Crippen LogP contribution >= 0.6 is 43.5 Å². The lowest BCUT2D eigenvalue weighted by Crippen LogP contribution is -2.32. The monoisotopic (exact) mass is 381 g/mol. The smallest absolute Gasteiger partial charge is 0.253 e. The van der Waals surface area contributed by atoms with Crippen molar-refractivity contribution in [1.29, 1.82) is 0 Å². The molecule has 0 unspecified atom stereocenters. The summed E-state index contributed by atoms with van der Waals surface area (Å²) in [6, 6.07) is 5.27. The number of carbonyl (C=O) groups excluding carboxylic acids is 1. The molecule has 0 fully saturated rings. The number of alkyl halides is 1. The van der Waals surface area contributed by atoms with Crippen molar-refractivity contribution in [2.24, 2.45) is 0 Å². The lowest BCUT2D eigenvalue weighted by atomic mass is 10.2. The second kappa shape index (κ2) is 7.39. The van der Waals surface area contributed by atoms with Gasteiger partial charge in [-0.3, -0.25) is 4.79 Å². The molecular formula is C12H14Br2ClNO. The van der Waals surface area contributed by atoms with Crippen molar-refractivity contribution in [3.8, 4) is 0 Å². The maximum atomic E-state index is 12.2. The number of carbonyl (C=O) groups is 1. The van der Waals surface area contributed by atoms with E-state index in [1.54, 1.807) is 18.2 Å². The minimum atomic E-state index is 0.0247. The molecule has 0 aromatic heterocycles. The highest BCUT2D eigenvalue weighted by Gasteiger charge is 2.14. The molecule has 1 aromatic carbocycles. The molecular weight excluding hydrogens is 369 g/mol. The molecule has 94 valence electrons. The number of hydrogen-bond acceptors (Lipinski definition) is 1. The second-order valence-corrected chi connectivity index (χ2v) is 5.73. The Morgan fingerprint density at radius 1 is 1.41 bits per heavy atom. The van der Waals surface area contributed by atoms with E-state index < -0.39 is 0 Å². The van der Waals surface area contributed by atoms with Gasteiger partial charge in [-0.05, 0) is 31.5 Å². The van der Waals surface area contributed by atoms with Crippen molar-refractivity contribution in [2.45, 2.75) is 13.3 Å². The van der Waals surface area contributed by atoms with Gasteiger partial charge in [0.05, 0.1) is 0 Å². The van der Waals surface area contributed by atoms with Gasteiger partial charge in [-0.1, -0.05) is 43.5 Å². The summed E-state index contributed by atoms with van der Waals surface area (Å²) in [5, 5.41) is 1.47. The first-order valence-corrected chi connectivity index (χ1v) is 7.69. The quantitative estimate of drug-likeness (QED) is 0.692. The van der Waals surface area contributed by atoms with Crippen molar-refractivity contribution in [3.05, 3.63) is 33.3 Å². The van der Waals surface area contributed by atoms with E-state index >= 15 is 0 Å². The second-order valence-electron chi connectivity index (χ2n) is 3.59. The number of benzene rings is 1. The van der Waals surface area contributed by atoms with Crippen LogP contribution in [-0.2, 0) is 0 Å². The summed E-state index contributed by atoms with van der Waals surface area (Å²) in [5.41, 5.74) is 0.626. The molecule has 17 heavy (non-hydrogen) atoms. The Kier molecular flexibility index (Phi) is 6.52. The molecule has 5 heteroatoms. The van der Waals surface area contributed by atoms with E-state index in [1.807, 2.05) is 11.8 Å². The zero-order valence-corrected chi connectivity index (χ0v) is 13.5. The summed E-state index contributed by atoms with van der Waals surface area (Å²) in [4.78, 5) is 14.0. The summed E-state index contributed by atoms with van der Waals surface area (Å²) < 4.78 is 0.824. The Hall–Kier alpha value is -0.0600. The highest BCUT2D eigenvalue weighted by molar-refractivity contribution is 9.10. The lowest BCUT2D eigenvalue weighted by Gasteiger charge is -2.20. The fourth-order valence-electron chi connectivity index (χ4n) is 1.51. The standard InChI is InChI=1S/C12H14Br2ClNO/c1-2-16(5-3-4-13)12(17)9-6-10(14)8-11(15)7-9/h6-8H,2-5H2,1H3. The van der Waals surface area contributed by atoms with Crippen molar-refractivity contribution in [2.75, 3.05) is 18.4 Å². The largest absolute Gasteiger partial charge is 0.339 e. The topological polar surface area (TPSA) is 20.3 Å². The zero-order valence-electron chi connectivity index (χ0n) is 9.55. The Morgan fingerprint density at radius 3 is 2.65 bits per heavy atom. The van der Waals surface area contributed by atoms with E-state index in [4.69, 9.17) is 11.6 Å². The number of amides is 1. The molecule has 0 radical (unpaired) electrons. The Labute approximate surface area is 124 Å². The molecule has 0 atom stereocenters. The molecule has 0 N–H and O–H groups in total. The van der Waals surface area contributed by atoms with Gasteiger partial charge in [0.1, 0.15) is 0 Å². The van der Waals surface area contributed by atoms with Crippen molar-refractivity contribution >= 4 is 49.4 Å². The average molecular weight is 384 g/mol. The predicted molar refractivity (Wildman–Crippen MR) is 79.1 cm³/mol. The molecule has 2 nitrogen and oxygen atoms in total. The van der Waals surface area contributed by atoms with Crippen LogP contribution in [0.1, 0.15) is 23.7 Å². The van der Waals surface area contributed by atoms with E-state index in [0.717, 1.165) is 22.8 Å². The molecule has 0 heterocycles. The van der Waals surface area contributed by atoms with E-state index in [1.165, 1.54) is 0 Å². The van der Waals surface area contributed by atoms with Gasteiger partial charge in [0.25, 0.3) is 5.91 Å². The third kappa shape index (κ3) is 4.60. The first kappa shape index (κ1) is 15.0. The molecule has 1 aromatic rings. The number of halogens is 3. The average Bonchev–Trinajstić information content (AvgIpc) is 2.28. The van der Waals surface area contributed by atoms with Gasteiger partial charge >= 0.3 is 0 Å². The van der Waals surface area contributed by atoms with Crippen LogP contribution in [-0.4, -0.2) is 29.2 Å². The molecule has 0 aliphatic rings.